The highest BCUT2D eigenvalue weighted by Crippen LogP contribution is 2.37. The van der Waals surface area contributed by atoms with E-state index in [-0.39, 0.29) is 30.1 Å². The minimum Gasteiger partial charge on any atom is -0.434 e. The van der Waals surface area contributed by atoms with E-state index in [0.29, 0.717) is 28.5 Å². The fourth-order valence-corrected chi connectivity index (χ4v) is 3.83. The number of nitrogen functional groups attached to an aromatic ring is 1. The molecule has 11 heteroatoms. The minimum atomic E-state index is -2.96. The van der Waals surface area contributed by atoms with Crippen LogP contribution in [0.5, 0.6) is 5.75 Å². The lowest BCUT2D eigenvalue weighted by molar-refractivity contribution is -0.118. The number of amides is 1. The predicted molar refractivity (Wildman–Crippen MR) is 119 cm³/mol. The molecular weight excluding hydrogens is 451 g/mol. The molecule has 1 aliphatic heterocycles. The Morgan fingerprint density at radius 2 is 2.10 bits per heavy atom. The van der Waals surface area contributed by atoms with Gasteiger partial charge in [-0.1, -0.05) is 11.6 Å². The first-order chi connectivity index (χ1) is 14.3. The zero-order valence-corrected chi connectivity index (χ0v) is 18.8. The summed E-state index contributed by atoms with van der Waals surface area (Å²) in [7, 11) is 0. The van der Waals surface area contributed by atoms with Crippen LogP contribution in [0.3, 0.4) is 0 Å². The molecule has 0 spiro atoms. The van der Waals surface area contributed by atoms with Crippen molar-refractivity contribution in [2.45, 2.75) is 38.8 Å². The number of benzene rings is 1. The second-order valence-electron chi connectivity index (χ2n) is 7.34. The third-order valence-corrected chi connectivity index (χ3v) is 5.36. The number of hydrogen-bond donors (Lipinski definition) is 2. The number of alkyl halides is 2. The summed E-state index contributed by atoms with van der Waals surface area (Å²) in [6.07, 6.45) is 4.44. The molecule has 1 aromatic carbocycles. The number of nitrogens with one attached hydrogen (secondary N) is 1. The summed E-state index contributed by atoms with van der Waals surface area (Å²) in [5.41, 5.74) is 7.25. The maximum absolute atomic E-state index is 12.8. The van der Waals surface area contributed by atoms with Gasteiger partial charge in [0, 0.05) is 43.3 Å². The highest BCUT2D eigenvalue weighted by Gasteiger charge is 2.23. The summed E-state index contributed by atoms with van der Waals surface area (Å²) in [5, 5.41) is 7.76. The Bertz CT molecular complexity index is 873. The number of carbonyl (C=O) groups excluding carboxylic acids is 1. The van der Waals surface area contributed by atoms with Gasteiger partial charge in [-0.3, -0.25) is 9.48 Å². The highest BCUT2D eigenvalue weighted by atomic mass is 35.5. The number of halogens is 4. The Labute approximate surface area is 191 Å². The molecule has 0 radical (unpaired) electrons. The van der Waals surface area contributed by atoms with Gasteiger partial charge in [-0.05, 0) is 44.0 Å². The number of ether oxygens (including phenoxy) is 1. The maximum Gasteiger partial charge on any atom is 0.387 e. The third kappa shape index (κ3) is 6.95. The molecular formula is C20H27Cl2F2N5O2. The smallest absolute Gasteiger partial charge is 0.387 e. The molecule has 3 N–H and O–H groups in total. The number of anilines is 1. The topological polar surface area (TPSA) is 85.4 Å². The van der Waals surface area contributed by atoms with Crippen molar-refractivity contribution in [3.8, 4) is 17.0 Å². The second kappa shape index (κ2) is 11.5. The van der Waals surface area contributed by atoms with Gasteiger partial charge >= 0.3 is 6.61 Å². The molecule has 1 saturated heterocycles. The number of carbonyl (C=O) groups is 1. The number of rotatable bonds is 8. The van der Waals surface area contributed by atoms with E-state index >= 15 is 0 Å². The van der Waals surface area contributed by atoms with E-state index in [4.69, 9.17) is 17.3 Å². The zero-order chi connectivity index (χ0) is 21.7. The van der Waals surface area contributed by atoms with Crippen LogP contribution in [-0.4, -0.2) is 53.4 Å². The summed E-state index contributed by atoms with van der Waals surface area (Å²) in [5.74, 6) is -0.0251. The number of likely N-dealkylation sites (tertiary alicyclic amines) is 1. The van der Waals surface area contributed by atoms with Gasteiger partial charge in [0.25, 0.3) is 0 Å². The van der Waals surface area contributed by atoms with Gasteiger partial charge < -0.3 is 20.7 Å². The zero-order valence-electron chi connectivity index (χ0n) is 17.2. The maximum atomic E-state index is 12.8. The van der Waals surface area contributed by atoms with Crippen LogP contribution < -0.4 is 15.8 Å². The molecule has 2 heterocycles. The van der Waals surface area contributed by atoms with Crippen LogP contribution in [0.15, 0.2) is 24.4 Å². The fraction of sp³-hybridized carbons (Fsp3) is 0.500. The first kappa shape index (κ1) is 25.2. The van der Waals surface area contributed by atoms with Gasteiger partial charge in [0.2, 0.25) is 5.91 Å². The van der Waals surface area contributed by atoms with E-state index in [1.165, 1.54) is 25.1 Å². The van der Waals surface area contributed by atoms with E-state index < -0.39 is 6.61 Å². The Hall–Kier alpha value is -2.10. The number of piperidine rings is 1. The van der Waals surface area contributed by atoms with E-state index in [2.05, 4.69) is 20.1 Å². The van der Waals surface area contributed by atoms with Crippen molar-refractivity contribution >= 4 is 35.6 Å². The molecule has 1 aromatic heterocycles. The van der Waals surface area contributed by atoms with E-state index in [1.807, 2.05) is 4.68 Å². The predicted octanol–water partition coefficient (Wildman–Crippen LogP) is 3.97. The van der Waals surface area contributed by atoms with Gasteiger partial charge in [0.05, 0.1) is 11.7 Å². The Kier molecular flexibility index (Phi) is 9.33. The van der Waals surface area contributed by atoms with E-state index in [9.17, 15) is 13.6 Å². The number of hydrogen-bond acceptors (Lipinski definition) is 5. The minimum absolute atomic E-state index is 0. The first-order valence-corrected chi connectivity index (χ1v) is 10.3. The van der Waals surface area contributed by atoms with Crippen LogP contribution in [0.1, 0.15) is 32.2 Å². The standard InChI is InChI=1S/C20H26ClF2N5O2.ClH/c1-13(29)25-7-2-8-27-9-5-15(6-10-27)28-12-17(24)19(26-28)16-11-14(21)3-4-18(16)30-20(22)23;/h3-4,11-12,15,20H,2,5-10,24H2,1H3,(H,25,29);1H. The molecule has 172 valence electrons. The molecule has 3 rings (SSSR count). The van der Waals surface area contributed by atoms with E-state index in [1.54, 1.807) is 6.20 Å². The molecule has 1 fully saturated rings. The largest absolute Gasteiger partial charge is 0.434 e. The van der Waals surface area contributed by atoms with Crippen molar-refractivity contribution in [3.63, 3.8) is 0 Å². The van der Waals surface area contributed by atoms with Gasteiger partial charge in [-0.2, -0.15) is 13.9 Å². The molecule has 7 nitrogen and oxygen atoms in total. The van der Waals surface area contributed by atoms with Crippen LogP contribution >= 0.6 is 24.0 Å². The number of nitrogens with two attached hydrogens (primary N) is 1. The summed E-state index contributed by atoms with van der Waals surface area (Å²) in [6.45, 7) is 1.99. The van der Waals surface area contributed by atoms with Crippen LogP contribution in [-0.2, 0) is 4.79 Å². The average molecular weight is 478 g/mol. The summed E-state index contributed by atoms with van der Waals surface area (Å²) in [4.78, 5) is 13.3. The van der Waals surface area contributed by atoms with Gasteiger partial charge in [0.1, 0.15) is 11.4 Å². The Morgan fingerprint density at radius 1 is 1.39 bits per heavy atom. The number of aromatic nitrogens is 2. The second-order valence-corrected chi connectivity index (χ2v) is 7.78. The molecule has 31 heavy (non-hydrogen) atoms. The lowest BCUT2D eigenvalue weighted by Crippen LogP contribution is -2.36. The SMILES string of the molecule is CC(=O)NCCCN1CCC(n2cc(N)c(-c3cc(Cl)ccc3OC(F)F)n2)CC1.Cl. The molecule has 0 aliphatic carbocycles. The molecule has 1 amide bonds. The molecule has 0 saturated carbocycles. The summed E-state index contributed by atoms with van der Waals surface area (Å²) in [6, 6.07) is 4.57. The Morgan fingerprint density at radius 3 is 2.74 bits per heavy atom. The normalized spacial score (nSPS) is 15.0. The Balaban J connectivity index is 0.00000341. The van der Waals surface area contributed by atoms with Crippen molar-refractivity contribution in [2.75, 3.05) is 31.9 Å². The molecule has 0 bridgehead atoms. The summed E-state index contributed by atoms with van der Waals surface area (Å²) < 4.78 is 31.9. The van der Waals surface area contributed by atoms with Gasteiger partial charge in [0.15, 0.2) is 0 Å². The number of nitrogens with zero attached hydrogens (tertiary/aromatic N) is 3. The van der Waals surface area contributed by atoms with Crippen LogP contribution in [0, 0.1) is 0 Å². The van der Waals surface area contributed by atoms with Crippen molar-refractivity contribution < 1.29 is 18.3 Å². The lowest BCUT2D eigenvalue weighted by Gasteiger charge is -2.32. The molecule has 2 aromatic rings. The van der Waals surface area contributed by atoms with E-state index in [0.717, 1.165) is 38.9 Å². The molecule has 1 aliphatic rings. The van der Waals surface area contributed by atoms with Crippen molar-refractivity contribution in [2.24, 2.45) is 0 Å². The van der Waals surface area contributed by atoms with Crippen molar-refractivity contribution in [1.82, 2.24) is 20.0 Å². The lowest BCUT2D eigenvalue weighted by atomic mass is 10.1. The van der Waals surface area contributed by atoms with Crippen LogP contribution in [0.4, 0.5) is 14.5 Å². The van der Waals surface area contributed by atoms with Crippen molar-refractivity contribution in [3.05, 3.63) is 29.4 Å². The summed E-state index contributed by atoms with van der Waals surface area (Å²) >= 11 is 6.05. The monoisotopic (exact) mass is 477 g/mol. The molecule has 0 atom stereocenters. The van der Waals surface area contributed by atoms with Crippen LogP contribution in [0.25, 0.3) is 11.3 Å². The highest BCUT2D eigenvalue weighted by molar-refractivity contribution is 6.31. The fourth-order valence-electron chi connectivity index (χ4n) is 3.66. The first-order valence-electron chi connectivity index (χ1n) is 9.89. The van der Waals surface area contributed by atoms with Crippen molar-refractivity contribution in [1.29, 1.82) is 0 Å². The van der Waals surface area contributed by atoms with Gasteiger partial charge in [-0.15, -0.1) is 12.4 Å². The van der Waals surface area contributed by atoms with Crippen LogP contribution in [0.2, 0.25) is 5.02 Å². The average Bonchev–Trinajstić information content (AvgIpc) is 3.08. The van der Waals surface area contributed by atoms with Gasteiger partial charge in [-0.25, -0.2) is 0 Å². The third-order valence-electron chi connectivity index (χ3n) is 5.13. The quantitative estimate of drug-likeness (QED) is 0.561. The molecule has 0 unspecified atom stereocenters.